The van der Waals surface area contributed by atoms with Gasteiger partial charge in [0.15, 0.2) is 0 Å². The molecule has 0 aliphatic carbocycles. The molecule has 1 aliphatic rings. The zero-order valence-corrected chi connectivity index (χ0v) is 12.8. The summed E-state index contributed by atoms with van der Waals surface area (Å²) in [5.74, 6) is -0.211. The van der Waals surface area contributed by atoms with Crippen LogP contribution in [0.4, 0.5) is 0 Å². The van der Waals surface area contributed by atoms with E-state index in [0.29, 0.717) is 13.1 Å². The van der Waals surface area contributed by atoms with Gasteiger partial charge < -0.3 is 16.0 Å². The Morgan fingerprint density at radius 2 is 2.00 bits per heavy atom. The SMILES string of the molecule is CC(N)C(=O)N1CCC(C(C)NC(=O)c2n[nH]c(=O)[nH]2)CC1. The van der Waals surface area contributed by atoms with Crippen molar-refractivity contribution in [1.82, 2.24) is 25.4 Å². The van der Waals surface area contributed by atoms with E-state index in [9.17, 15) is 14.4 Å². The topological polar surface area (TPSA) is 137 Å². The Labute approximate surface area is 127 Å². The van der Waals surface area contributed by atoms with Crippen molar-refractivity contribution >= 4 is 11.8 Å². The molecule has 1 aromatic heterocycles. The van der Waals surface area contributed by atoms with E-state index in [2.05, 4.69) is 20.5 Å². The van der Waals surface area contributed by atoms with Crippen molar-refractivity contribution in [3.63, 3.8) is 0 Å². The molecule has 1 aliphatic heterocycles. The maximum Gasteiger partial charge on any atom is 0.341 e. The Hall–Kier alpha value is -2.16. The summed E-state index contributed by atoms with van der Waals surface area (Å²) in [6.45, 7) is 4.88. The van der Waals surface area contributed by atoms with Gasteiger partial charge >= 0.3 is 5.69 Å². The molecule has 0 bridgehead atoms. The summed E-state index contributed by atoms with van der Waals surface area (Å²) >= 11 is 0. The van der Waals surface area contributed by atoms with Crippen LogP contribution in [0.15, 0.2) is 4.79 Å². The fourth-order valence-corrected chi connectivity index (χ4v) is 2.68. The van der Waals surface area contributed by atoms with Crippen molar-refractivity contribution in [2.45, 2.75) is 38.8 Å². The monoisotopic (exact) mass is 310 g/mol. The lowest BCUT2D eigenvalue weighted by Crippen LogP contribution is -2.49. The molecule has 0 aromatic carbocycles. The summed E-state index contributed by atoms with van der Waals surface area (Å²) in [6.07, 6.45) is 1.61. The minimum absolute atomic E-state index is 0.0265. The van der Waals surface area contributed by atoms with Crippen molar-refractivity contribution in [3.05, 3.63) is 16.3 Å². The minimum Gasteiger partial charge on any atom is -0.347 e. The number of carbonyl (C=O) groups excluding carboxylic acids is 2. The largest absolute Gasteiger partial charge is 0.347 e. The van der Waals surface area contributed by atoms with Gasteiger partial charge in [-0.25, -0.2) is 9.89 Å². The number of piperidine rings is 1. The van der Waals surface area contributed by atoms with E-state index in [1.165, 1.54) is 0 Å². The first kappa shape index (κ1) is 16.2. The number of H-pyrrole nitrogens is 2. The van der Waals surface area contributed by atoms with Crippen LogP contribution >= 0.6 is 0 Å². The Morgan fingerprint density at radius 1 is 1.36 bits per heavy atom. The summed E-state index contributed by atoms with van der Waals surface area (Å²) in [7, 11) is 0. The van der Waals surface area contributed by atoms with E-state index >= 15 is 0 Å². The first-order valence-electron chi connectivity index (χ1n) is 7.38. The molecule has 5 N–H and O–H groups in total. The van der Waals surface area contributed by atoms with Gasteiger partial charge in [0.2, 0.25) is 11.7 Å². The molecule has 22 heavy (non-hydrogen) atoms. The first-order valence-corrected chi connectivity index (χ1v) is 7.38. The number of amides is 2. The van der Waals surface area contributed by atoms with E-state index < -0.39 is 17.6 Å². The molecular formula is C13H22N6O3. The van der Waals surface area contributed by atoms with Crippen LogP contribution in [0.5, 0.6) is 0 Å². The third-order valence-electron chi connectivity index (χ3n) is 4.02. The quantitative estimate of drug-likeness (QED) is 0.554. The molecule has 2 heterocycles. The van der Waals surface area contributed by atoms with Gasteiger partial charge in [-0.2, -0.15) is 0 Å². The van der Waals surface area contributed by atoms with Crippen LogP contribution in [-0.2, 0) is 4.79 Å². The van der Waals surface area contributed by atoms with Crippen molar-refractivity contribution in [1.29, 1.82) is 0 Å². The van der Waals surface area contributed by atoms with Crippen LogP contribution in [0, 0.1) is 5.92 Å². The summed E-state index contributed by atoms with van der Waals surface area (Å²) in [6, 6.07) is -0.551. The second kappa shape index (κ2) is 6.73. The molecule has 1 saturated heterocycles. The van der Waals surface area contributed by atoms with E-state index in [4.69, 9.17) is 5.73 Å². The van der Waals surface area contributed by atoms with Gasteiger partial charge in [-0.15, -0.1) is 5.10 Å². The lowest BCUT2D eigenvalue weighted by atomic mass is 9.90. The molecule has 9 heteroatoms. The fraction of sp³-hybridized carbons (Fsp3) is 0.692. The number of hydrogen-bond acceptors (Lipinski definition) is 5. The summed E-state index contributed by atoms with van der Waals surface area (Å²) < 4.78 is 0. The standard InChI is InChI=1S/C13H22N6O3/c1-7(14)12(21)19-5-3-9(4-6-19)8(2)15-11(20)10-16-13(22)18-17-10/h7-9H,3-6,14H2,1-2H3,(H,15,20)(H2,16,17,18,22). The predicted molar refractivity (Wildman–Crippen MR) is 79.1 cm³/mol. The Kier molecular flexibility index (Phi) is 4.96. The van der Waals surface area contributed by atoms with Gasteiger partial charge in [-0.05, 0) is 32.6 Å². The van der Waals surface area contributed by atoms with Crippen LogP contribution in [0.25, 0.3) is 0 Å². The van der Waals surface area contributed by atoms with Crippen molar-refractivity contribution in [3.8, 4) is 0 Å². The molecule has 9 nitrogen and oxygen atoms in total. The van der Waals surface area contributed by atoms with Gasteiger partial charge in [0.1, 0.15) is 0 Å². The van der Waals surface area contributed by atoms with E-state index in [-0.39, 0.29) is 23.7 Å². The highest BCUT2D eigenvalue weighted by molar-refractivity contribution is 5.90. The van der Waals surface area contributed by atoms with Gasteiger partial charge in [0, 0.05) is 19.1 Å². The Balaban J connectivity index is 1.85. The number of rotatable bonds is 4. The zero-order chi connectivity index (χ0) is 16.3. The molecule has 2 unspecified atom stereocenters. The molecular weight excluding hydrogens is 288 g/mol. The third-order valence-corrected chi connectivity index (χ3v) is 4.02. The first-order chi connectivity index (χ1) is 10.4. The van der Waals surface area contributed by atoms with Crippen LogP contribution in [-0.4, -0.2) is 57.1 Å². The Morgan fingerprint density at radius 3 is 2.50 bits per heavy atom. The number of aromatic amines is 2. The van der Waals surface area contributed by atoms with Gasteiger partial charge in [-0.1, -0.05) is 0 Å². The normalized spacial score (nSPS) is 18.8. The van der Waals surface area contributed by atoms with Gasteiger partial charge in [-0.3, -0.25) is 14.6 Å². The van der Waals surface area contributed by atoms with Gasteiger partial charge in [0.05, 0.1) is 6.04 Å². The maximum absolute atomic E-state index is 11.9. The third kappa shape index (κ3) is 3.73. The molecule has 0 radical (unpaired) electrons. The highest BCUT2D eigenvalue weighted by Gasteiger charge is 2.28. The zero-order valence-electron chi connectivity index (χ0n) is 12.8. The number of aromatic nitrogens is 3. The molecule has 2 rings (SSSR count). The van der Waals surface area contributed by atoms with Crippen LogP contribution in [0.2, 0.25) is 0 Å². The minimum atomic E-state index is -0.513. The van der Waals surface area contributed by atoms with E-state index in [1.54, 1.807) is 11.8 Å². The number of hydrogen-bond donors (Lipinski definition) is 4. The van der Waals surface area contributed by atoms with Crippen LogP contribution in [0.3, 0.4) is 0 Å². The van der Waals surface area contributed by atoms with Crippen molar-refractivity contribution < 1.29 is 9.59 Å². The highest BCUT2D eigenvalue weighted by atomic mass is 16.2. The molecule has 122 valence electrons. The highest BCUT2D eigenvalue weighted by Crippen LogP contribution is 2.21. The van der Waals surface area contributed by atoms with Crippen LogP contribution in [0.1, 0.15) is 37.3 Å². The van der Waals surface area contributed by atoms with Crippen molar-refractivity contribution in [2.24, 2.45) is 11.7 Å². The number of likely N-dealkylation sites (tertiary alicyclic amines) is 1. The number of nitrogens with two attached hydrogens (primary N) is 1. The smallest absolute Gasteiger partial charge is 0.341 e. The number of carbonyl (C=O) groups is 2. The molecule has 0 saturated carbocycles. The molecule has 0 spiro atoms. The van der Waals surface area contributed by atoms with E-state index in [0.717, 1.165) is 12.8 Å². The Bertz CT molecular complexity index is 585. The maximum atomic E-state index is 11.9. The molecule has 2 atom stereocenters. The summed E-state index contributed by atoms with van der Waals surface area (Å²) in [5.41, 5.74) is 5.09. The predicted octanol–water partition coefficient (Wildman–Crippen LogP) is -1.20. The van der Waals surface area contributed by atoms with E-state index in [1.807, 2.05) is 6.92 Å². The number of nitrogens with zero attached hydrogens (tertiary/aromatic N) is 2. The average Bonchev–Trinajstić information content (AvgIpc) is 2.93. The average molecular weight is 310 g/mol. The molecule has 1 fully saturated rings. The van der Waals surface area contributed by atoms with Crippen LogP contribution < -0.4 is 16.7 Å². The fourth-order valence-electron chi connectivity index (χ4n) is 2.68. The summed E-state index contributed by atoms with van der Waals surface area (Å²) in [4.78, 5) is 38.8. The lowest BCUT2D eigenvalue weighted by molar-refractivity contribution is -0.133. The van der Waals surface area contributed by atoms with Gasteiger partial charge in [0.25, 0.3) is 5.91 Å². The second-order valence-electron chi connectivity index (χ2n) is 5.74. The molecule has 2 amide bonds. The number of nitrogens with one attached hydrogen (secondary N) is 3. The second-order valence-corrected chi connectivity index (χ2v) is 5.74. The lowest BCUT2D eigenvalue weighted by Gasteiger charge is -2.35. The van der Waals surface area contributed by atoms with Crippen molar-refractivity contribution in [2.75, 3.05) is 13.1 Å². The summed E-state index contributed by atoms with van der Waals surface area (Å²) in [5, 5.41) is 8.58. The molecule has 1 aromatic rings.